The first kappa shape index (κ1) is 14.7. The molecule has 0 aromatic heterocycles. The van der Waals surface area contributed by atoms with Crippen molar-refractivity contribution < 1.29 is 14.3 Å². The number of esters is 1. The highest BCUT2D eigenvalue weighted by Gasteiger charge is 2.16. The van der Waals surface area contributed by atoms with Crippen LogP contribution in [0.3, 0.4) is 0 Å². The first-order valence-electron chi connectivity index (χ1n) is 6.42. The van der Waals surface area contributed by atoms with Gasteiger partial charge in [0.05, 0.1) is 25.5 Å². The molecule has 2 aromatic carbocycles. The number of nitrogens with two attached hydrogens (primary N) is 1. The molecule has 2 N–H and O–H groups in total. The minimum absolute atomic E-state index is 0.419. The predicted octanol–water partition coefficient (Wildman–Crippen LogP) is 2.83. The Morgan fingerprint density at radius 3 is 2.57 bits per heavy atom. The van der Waals surface area contributed by atoms with E-state index in [0.717, 1.165) is 11.4 Å². The average Bonchev–Trinajstić information content (AvgIpc) is 2.53. The SMILES string of the molecule is COC(=O)c1cc(N)ccc1N(C)c1cccc(OC)c1. The van der Waals surface area contributed by atoms with E-state index in [9.17, 15) is 4.79 Å². The van der Waals surface area contributed by atoms with Crippen molar-refractivity contribution in [1.29, 1.82) is 0 Å². The molecule has 5 heteroatoms. The molecular formula is C16H18N2O3. The fraction of sp³-hybridized carbons (Fsp3) is 0.188. The summed E-state index contributed by atoms with van der Waals surface area (Å²) in [4.78, 5) is 13.8. The summed E-state index contributed by atoms with van der Waals surface area (Å²) in [5, 5.41) is 0. The molecule has 0 amide bonds. The van der Waals surface area contributed by atoms with Gasteiger partial charge in [0.25, 0.3) is 0 Å². The lowest BCUT2D eigenvalue weighted by molar-refractivity contribution is 0.0601. The molecule has 0 bridgehead atoms. The zero-order chi connectivity index (χ0) is 15.4. The van der Waals surface area contributed by atoms with Crippen molar-refractivity contribution >= 4 is 23.0 Å². The second-order valence-corrected chi connectivity index (χ2v) is 4.53. The summed E-state index contributed by atoms with van der Waals surface area (Å²) in [6.07, 6.45) is 0. The number of benzene rings is 2. The molecule has 2 rings (SSSR count). The van der Waals surface area contributed by atoms with Gasteiger partial charge < -0.3 is 20.1 Å². The van der Waals surface area contributed by atoms with Gasteiger partial charge >= 0.3 is 5.97 Å². The topological polar surface area (TPSA) is 64.8 Å². The third kappa shape index (κ3) is 3.08. The molecule has 0 radical (unpaired) electrons. The molecule has 5 nitrogen and oxygen atoms in total. The normalized spacial score (nSPS) is 10.0. The highest BCUT2D eigenvalue weighted by Crippen LogP contribution is 2.30. The Bertz CT molecular complexity index is 656. The van der Waals surface area contributed by atoms with E-state index < -0.39 is 5.97 Å². The summed E-state index contributed by atoms with van der Waals surface area (Å²) in [7, 11) is 4.83. The van der Waals surface area contributed by atoms with Crippen LogP contribution >= 0.6 is 0 Å². The summed E-state index contributed by atoms with van der Waals surface area (Å²) in [6, 6.07) is 12.7. The predicted molar refractivity (Wildman–Crippen MR) is 83.3 cm³/mol. The van der Waals surface area contributed by atoms with E-state index in [4.69, 9.17) is 15.2 Å². The van der Waals surface area contributed by atoms with Crippen molar-refractivity contribution in [3.63, 3.8) is 0 Å². The van der Waals surface area contributed by atoms with E-state index in [1.54, 1.807) is 25.3 Å². The summed E-state index contributed by atoms with van der Waals surface area (Å²) in [5.41, 5.74) is 8.29. The van der Waals surface area contributed by atoms with Crippen molar-refractivity contribution in [3.05, 3.63) is 48.0 Å². The lowest BCUT2D eigenvalue weighted by Gasteiger charge is -2.22. The molecule has 0 atom stereocenters. The van der Waals surface area contributed by atoms with E-state index in [1.807, 2.05) is 36.2 Å². The van der Waals surface area contributed by atoms with Crippen molar-refractivity contribution in [2.24, 2.45) is 0 Å². The number of ether oxygens (including phenoxy) is 2. The number of carbonyl (C=O) groups is 1. The van der Waals surface area contributed by atoms with Gasteiger partial charge in [-0.1, -0.05) is 6.07 Å². The van der Waals surface area contributed by atoms with Gasteiger partial charge in [0, 0.05) is 24.5 Å². The molecular weight excluding hydrogens is 268 g/mol. The molecule has 0 aliphatic carbocycles. The van der Waals surface area contributed by atoms with Gasteiger partial charge in [0.2, 0.25) is 0 Å². The van der Waals surface area contributed by atoms with Crippen molar-refractivity contribution in [2.75, 3.05) is 31.9 Å². The van der Waals surface area contributed by atoms with Crippen LogP contribution in [0, 0.1) is 0 Å². The molecule has 0 saturated heterocycles. The maximum atomic E-state index is 11.9. The fourth-order valence-electron chi connectivity index (χ4n) is 2.08. The molecule has 0 aliphatic heterocycles. The summed E-state index contributed by atoms with van der Waals surface area (Å²) >= 11 is 0. The van der Waals surface area contributed by atoms with E-state index in [0.29, 0.717) is 16.9 Å². The van der Waals surface area contributed by atoms with E-state index >= 15 is 0 Å². The van der Waals surface area contributed by atoms with Crippen LogP contribution in [0.1, 0.15) is 10.4 Å². The quantitative estimate of drug-likeness (QED) is 0.691. The Labute approximate surface area is 123 Å². The van der Waals surface area contributed by atoms with E-state index in [2.05, 4.69) is 0 Å². The van der Waals surface area contributed by atoms with Gasteiger partial charge in [-0.05, 0) is 30.3 Å². The number of methoxy groups -OCH3 is 2. The minimum atomic E-state index is -0.424. The summed E-state index contributed by atoms with van der Waals surface area (Å²) in [5.74, 6) is 0.321. The van der Waals surface area contributed by atoms with Crippen LogP contribution in [0.2, 0.25) is 0 Å². The van der Waals surface area contributed by atoms with Gasteiger partial charge in [-0.2, -0.15) is 0 Å². The Balaban J connectivity index is 2.47. The maximum absolute atomic E-state index is 11.9. The highest BCUT2D eigenvalue weighted by atomic mass is 16.5. The Hall–Kier alpha value is -2.69. The number of hydrogen-bond acceptors (Lipinski definition) is 5. The molecule has 0 unspecified atom stereocenters. The molecule has 0 heterocycles. The monoisotopic (exact) mass is 286 g/mol. The number of rotatable bonds is 4. The van der Waals surface area contributed by atoms with Crippen LogP contribution < -0.4 is 15.4 Å². The third-order valence-electron chi connectivity index (χ3n) is 3.23. The molecule has 0 spiro atoms. The Morgan fingerprint density at radius 1 is 1.14 bits per heavy atom. The lowest BCUT2D eigenvalue weighted by atomic mass is 10.1. The van der Waals surface area contributed by atoms with Crippen LogP contribution in [0.4, 0.5) is 17.1 Å². The first-order valence-corrected chi connectivity index (χ1v) is 6.42. The maximum Gasteiger partial charge on any atom is 0.340 e. The van der Waals surface area contributed by atoms with Gasteiger partial charge in [0.1, 0.15) is 5.75 Å². The number of nitrogens with zero attached hydrogens (tertiary/aromatic N) is 1. The molecule has 21 heavy (non-hydrogen) atoms. The molecule has 0 fully saturated rings. The van der Waals surface area contributed by atoms with Gasteiger partial charge in [-0.3, -0.25) is 0 Å². The van der Waals surface area contributed by atoms with Crippen LogP contribution in [0.5, 0.6) is 5.75 Å². The molecule has 2 aromatic rings. The number of nitrogen functional groups attached to an aromatic ring is 1. The molecule has 0 saturated carbocycles. The van der Waals surface area contributed by atoms with Gasteiger partial charge in [-0.15, -0.1) is 0 Å². The van der Waals surface area contributed by atoms with Crippen molar-refractivity contribution in [1.82, 2.24) is 0 Å². The zero-order valence-corrected chi connectivity index (χ0v) is 12.3. The Morgan fingerprint density at radius 2 is 1.90 bits per heavy atom. The number of hydrogen-bond donors (Lipinski definition) is 1. The lowest BCUT2D eigenvalue weighted by Crippen LogP contribution is -2.15. The molecule has 0 aliphatic rings. The minimum Gasteiger partial charge on any atom is -0.497 e. The third-order valence-corrected chi connectivity index (χ3v) is 3.23. The molecule has 110 valence electrons. The standard InChI is InChI=1S/C16H18N2O3/c1-18(12-5-4-6-13(10-12)20-2)15-8-7-11(17)9-14(15)16(19)21-3/h4-10H,17H2,1-3H3. The Kier molecular flexibility index (Phi) is 4.33. The second-order valence-electron chi connectivity index (χ2n) is 4.53. The summed E-state index contributed by atoms with van der Waals surface area (Å²) < 4.78 is 10.0. The van der Waals surface area contributed by atoms with E-state index in [-0.39, 0.29) is 0 Å². The van der Waals surface area contributed by atoms with Crippen molar-refractivity contribution in [3.8, 4) is 5.75 Å². The van der Waals surface area contributed by atoms with Crippen LogP contribution in [-0.2, 0) is 4.74 Å². The van der Waals surface area contributed by atoms with Crippen LogP contribution in [0.25, 0.3) is 0 Å². The van der Waals surface area contributed by atoms with Crippen molar-refractivity contribution in [2.45, 2.75) is 0 Å². The number of anilines is 3. The van der Waals surface area contributed by atoms with Gasteiger partial charge in [0.15, 0.2) is 0 Å². The average molecular weight is 286 g/mol. The first-order chi connectivity index (χ1) is 10.1. The number of carbonyl (C=O) groups excluding carboxylic acids is 1. The van der Waals surface area contributed by atoms with Crippen LogP contribution in [0.15, 0.2) is 42.5 Å². The van der Waals surface area contributed by atoms with E-state index in [1.165, 1.54) is 7.11 Å². The van der Waals surface area contributed by atoms with Crippen LogP contribution in [-0.4, -0.2) is 27.2 Å². The zero-order valence-electron chi connectivity index (χ0n) is 12.3. The second kappa shape index (κ2) is 6.17. The van der Waals surface area contributed by atoms with Gasteiger partial charge in [-0.25, -0.2) is 4.79 Å². The highest BCUT2D eigenvalue weighted by molar-refractivity contribution is 5.97. The summed E-state index contributed by atoms with van der Waals surface area (Å²) in [6.45, 7) is 0. The largest absolute Gasteiger partial charge is 0.497 e. The fourth-order valence-corrected chi connectivity index (χ4v) is 2.08. The smallest absolute Gasteiger partial charge is 0.340 e.